The first-order chi connectivity index (χ1) is 61.1. The van der Waals surface area contributed by atoms with Gasteiger partial charge in [0, 0.05) is 103 Å². The Morgan fingerprint density at radius 1 is 0.141 bits per heavy atom. The molecular formula is C104H224B4F4N8O8. The number of rotatable bonds is 56. The molecule has 0 saturated carbocycles. The van der Waals surface area contributed by atoms with Crippen LogP contribution >= 0.6 is 0 Å². The topological polar surface area (TPSA) is 184 Å². The lowest BCUT2D eigenvalue weighted by Gasteiger charge is -2.29. The number of hydrogen-bond acceptors (Lipinski definition) is 8. The Hall–Kier alpha value is -0.660. The Kier molecular flexibility index (Phi) is 95.4. The summed E-state index contributed by atoms with van der Waals surface area (Å²) in [5, 5.41) is 66.4. The monoisotopic (exact) mass is 1830 g/mol. The third-order valence-corrected chi connectivity index (χ3v) is 29.6. The molecule has 8 fully saturated rings. The minimum absolute atomic E-state index is 1.37. The molecule has 768 valence electrons. The highest BCUT2D eigenvalue weighted by Crippen LogP contribution is 2.26. The molecule has 0 atom stereocenters. The molecule has 0 radical (unpaired) electrons. The fourth-order valence-corrected chi connectivity index (χ4v) is 20.8. The van der Waals surface area contributed by atoms with Gasteiger partial charge in [0.1, 0.15) is 29.6 Å². The second-order valence-corrected chi connectivity index (χ2v) is 43.2. The van der Waals surface area contributed by atoms with Crippen LogP contribution in [0.3, 0.4) is 0 Å². The van der Waals surface area contributed by atoms with Crippen molar-refractivity contribution < 1.29 is 93.3 Å². The van der Waals surface area contributed by atoms with Crippen LogP contribution in [0.2, 0.25) is 0 Å². The van der Waals surface area contributed by atoms with Gasteiger partial charge in [-0.25, -0.2) is 0 Å². The molecule has 0 N–H and O–H groups in total. The molecule has 8 heterocycles. The van der Waals surface area contributed by atoms with Crippen molar-refractivity contribution in [3.8, 4) is 0 Å². The van der Waals surface area contributed by atoms with Crippen LogP contribution in [0.4, 0.5) is 17.3 Å². The van der Waals surface area contributed by atoms with Crippen LogP contribution < -0.4 is 40.2 Å². The first-order valence-corrected chi connectivity index (χ1v) is 55.6. The van der Waals surface area contributed by atoms with E-state index in [-0.39, 0.29) is 0 Å². The van der Waals surface area contributed by atoms with Crippen LogP contribution in [0.15, 0.2) is 0 Å². The fraction of sp³-hybridized carbons (Fsp3) is 1.00. The van der Waals surface area contributed by atoms with Crippen LogP contribution in [-0.4, -0.2) is 279 Å². The maximum Gasteiger partial charge on any atom is 0.121 e. The second kappa shape index (κ2) is 91.4. The summed E-state index contributed by atoms with van der Waals surface area (Å²) in [7, 11) is 6.88. The Bertz CT molecular complexity index is 1750. The Morgan fingerprint density at radius 2 is 0.203 bits per heavy atom. The minimum Gasteiger partial charge on any atom is -0.867 e. The molecule has 0 aromatic rings. The maximum absolute atomic E-state index is 9.89. The van der Waals surface area contributed by atoms with Crippen LogP contribution in [0.25, 0.3) is 0 Å². The second-order valence-electron chi connectivity index (χ2n) is 43.2. The van der Waals surface area contributed by atoms with Crippen molar-refractivity contribution >= 4 is 29.6 Å². The van der Waals surface area contributed by atoms with Gasteiger partial charge in [-0.2, -0.15) is 0 Å². The summed E-state index contributed by atoms with van der Waals surface area (Å²) < 4.78 is 50.5. The molecule has 24 heteroatoms. The van der Waals surface area contributed by atoms with Crippen LogP contribution in [0, 0.1) is 0 Å². The number of halogens is 4. The van der Waals surface area contributed by atoms with E-state index in [0.717, 1.165) is 0 Å². The molecule has 8 rings (SSSR count). The van der Waals surface area contributed by atoms with E-state index in [1.165, 1.54) is 604 Å². The Labute approximate surface area is 798 Å². The molecule has 0 aromatic heterocycles. The number of quaternary nitrogens is 8. The van der Waals surface area contributed by atoms with E-state index >= 15 is 0 Å². The predicted octanol–water partition coefficient (Wildman–Crippen LogP) is 19.3. The van der Waals surface area contributed by atoms with Gasteiger partial charge in [-0.15, -0.1) is 0 Å². The van der Waals surface area contributed by atoms with E-state index in [9.17, 15) is 17.3 Å². The van der Waals surface area contributed by atoms with E-state index in [1.807, 2.05) is 0 Å². The van der Waals surface area contributed by atoms with Gasteiger partial charge in [-0.05, 0) is 103 Å². The van der Waals surface area contributed by atoms with Gasteiger partial charge in [-0.3, -0.25) is 0 Å². The maximum atomic E-state index is 9.89. The van der Waals surface area contributed by atoms with Crippen molar-refractivity contribution in [1.29, 1.82) is 0 Å². The first kappa shape index (κ1) is 134. The van der Waals surface area contributed by atoms with Crippen molar-refractivity contribution in [2.45, 2.75) is 466 Å². The molecule has 0 aliphatic carbocycles. The van der Waals surface area contributed by atoms with Gasteiger partial charge in [0.15, 0.2) is 0 Å². The van der Waals surface area contributed by atoms with Gasteiger partial charge >= 0.3 is 0 Å². The highest BCUT2D eigenvalue weighted by molar-refractivity contribution is 6.27. The van der Waals surface area contributed by atoms with E-state index in [4.69, 9.17) is 40.2 Å². The zero-order chi connectivity index (χ0) is 96.5. The van der Waals surface area contributed by atoms with Crippen LogP contribution in [0.5, 0.6) is 0 Å². The SMILES string of the molecule is CCCCCCCC[N+]1(C)CCCC1.CCCCCCCC[N+]1(C)CCCC1.CCCCCCCC[N+]1(C)CCCC1.CCCCCCCC[N+]1(C)CCCC1.CCCCCCCC[N+]1(C)CCCC1.CCCCCCCC[N+]1(C)CCCC1.CCCCCCCC[N+]1(C)CCCC1.CCCCCCCC[N+]1(C)CCCC1.[O-]B([O-])F.[O-]B([O-])F.[O-]B([O-])F.[O-]B([O-])F. The number of hydrogen-bond donors (Lipinski definition) is 0. The summed E-state index contributed by atoms with van der Waals surface area (Å²) in [5.74, 6) is 0. The van der Waals surface area contributed by atoms with Gasteiger partial charge in [0.25, 0.3) is 0 Å². The number of likely N-dealkylation sites (tertiary alicyclic amines) is 8. The highest BCUT2D eigenvalue weighted by atomic mass is 19.1. The predicted molar refractivity (Wildman–Crippen MR) is 535 cm³/mol. The first-order valence-electron chi connectivity index (χ1n) is 55.6. The highest BCUT2D eigenvalue weighted by Gasteiger charge is 2.32. The molecule has 16 nitrogen and oxygen atoms in total. The normalized spacial score (nSPS) is 18.5. The van der Waals surface area contributed by atoms with Crippen molar-refractivity contribution in [3.05, 3.63) is 0 Å². The van der Waals surface area contributed by atoms with E-state index < -0.39 is 29.6 Å². The lowest BCUT2D eigenvalue weighted by Crippen LogP contribution is -2.41. The molecule has 128 heavy (non-hydrogen) atoms. The summed E-state index contributed by atoms with van der Waals surface area (Å²) in [6.45, 7) is 52.8. The Balaban J connectivity index is -0.000000669. The summed E-state index contributed by atoms with van der Waals surface area (Å²) in [6, 6.07) is 0. The third-order valence-electron chi connectivity index (χ3n) is 29.6. The molecule has 8 saturated heterocycles. The molecule has 0 bridgehead atoms. The number of unbranched alkanes of at least 4 members (excludes halogenated alkanes) is 40. The Morgan fingerprint density at radius 3 is 0.273 bits per heavy atom. The largest absolute Gasteiger partial charge is 0.867 e. The molecular weight excluding hydrogens is 1610 g/mol. The van der Waals surface area contributed by atoms with Crippen molar-refractivity contribution in [1.82, 2.24) is 0 Å². The lowest BCUT2D eigenvalue weighted by molar-refractivity contribution is -0.897. The molecule has 0 spiro atoms. The summed E-state index contributed by atoms with van der Waals surface area (Å²) >= 11 is 0. The van der Waals surface area contributed by atoms with Gasteiger partial charge < -0.3 is 93.3 Å². The summed E-state index contributed by atoms with van der Waals surface area (Å²) in [5.41, 5.74) is 0. The third kappa shape index (κ3) is 94.3. The van der Waals surface area contributed by atoms with Gasteiger partial charge in [0.2, 0.25) is 0 Å². The minimum atomic E-state index is -3.17. The van der Waals surface area contributed by atoms with Gasteiger partial charge in [0.05, 0.1) is 213 Å². The number of nitrogens with zero attached hydrogens (tertiary/aromatic N) is 8. The molecule has 8 aliphatic rings. The summed E-state index contributed by atoms with van der Waals surface area (Å²) in [6.07, 6.45) is 92.7. The lowest BCUT2D eigenvalue weighted by atomic mass is 10.1. The average molecular weight is 1830 g/mol. The average Bonchev–Trinajstić information content (AvgIpc) is 1.82. The van der Waals surface area contributed by atoms with E-state index in [0.29, 0.717) is 0 Å². The quantitative estimate of drug-likeness (QED) is 0.0249. The standard InChI is InChI=1S/8C13H28N.4BFO2/c8*1-3-4-5-6-7-8-11-14(2)12-9-10-13-14;4*2-1(3)4/h8*3-13H2,1-2H3;;;;/q8*+1;4*-2. The van der Waals surface area contributed by atoms with Crippen molar-refractivity contribution in [3.63, 3.8) is 0 Å². The zero-order valence-corrected chi connectivity index (χ0v) is 88.9. The molecule has 0 aromatic carbocycles. The van der Waals surface area contributed by atoms with E-state index in [2.05, 4.69) is 112 Å². The molecule has 8 aliphatic heterocycles. The smallest absolute Gasteiger partial charge is 0.121 e. The molecule has 0 amide bonds. The van der Waals surface area contributed by atoms with Crippen LogP contribution in [0.1, 0.15) is 466 Å². The van der Waals surface area contributed by atoms with Crippen molar-refractivity contribution in [2.75, 3.05) is 213 Å². The zero-order valence-electron chi connectivity index (χ0n) is 88.9. The fourth-order valence-electron chi connectivity index (χ4n) is 20.8. The van der Waals surface area contributed by atoms with E-state index in [1.54, 1.807) is 0 Å². The van der Waals surface area contributed by atoms with Gasteiger partial charge in [-0.1, -0.05) is 261 Å². The molecule has 0 unspecified atom stereocenters. The van der Waals surface area contributed by atoms with Crippen molar-refractivity contribution in [2.24, 2.45) is 0 Å². The van der Waals surface area contributed by atoms with Crippen LogP contribution in [-0.2, 0) is 0 Å². The summed E-state index contributed by atoms with van der Waals surface area (Å²) in [4.78, 5) is 0.